The molecule has 0 radical (unpaired) electrons. The molecule has 21 heavy (non-hydrogen) atoms. The third-order valence-electron chi connectivity index (χ3n) is 4.56. The summed E-state index contributed by atoms with van der Waals surface area (Å²) in [6.07, 6.45) is 5.17. The number of rotatable bonds is 5. The first-order valence-corrected chi connectivity index (χ1v) is 7.94. The molecule has 6 heteroatoms. The van der Waals surface area contributed by atoms with Crippen molar-refractivity contribution in [3.63, 3.8) is 0 Å². The van der Waals surface area contributed by atoms with Gasteiger partial charge in [0.05, 0.1) is 6.10 Å². The zero-order chi connectivity index (χ0) is 15.2. The molecule has 3 N–H and O–H groups in total. The van der Waals surface area contributed by atoms with Crippen LogP contribution < -0.4 is 10.6 Å². The molecule has 2 unspecified atom stereocenters. The van der Waals surface area contributed by atoms with E-state index >= 15 is 0 Å². The van der Waals surface area contributed by atoms with E-state index in [4.69, 9.17) is 9.84 Å². The highest BCUT2D eigenvalue weighted by Crippen LogP contribution is 2.27. The van der Waals surface area contributed by atoms with E-state index in [1.54, 1.807) is 0 Å². The van der Waals surface area contributed by atoms with E-state index in [1.165, 1.54) is 25.7 Å². The Morgan fingerprint density at radius 2 is 1.71 bits per heavy atom. The first-order valence-electron chi connectivity index (χ1n) is 7.94. The van der Waals surface area contributed by atoms with Gasteiger partial charge in [-0.1, -0.05) is 19.8 Å². The van der Waals surface area contributed by atoms with Crippen molar-refractivity contribution in [2.75, 3.05) is 13.1 Å². The summed E-state index contributed by atoms with van der Waals surface area (Å²) in [6, 6.07) is -0.184. The lowest BCUT2D eigenvalue weighted by atomic mass is 9.83. The second-order valence-electron chi connectivity index (χ2n) is 6.38. The lowest BCUT2D eigenvalue weighted by Crippen LogP contribution is -2.42. The Morgan fingerprint density at radius 1 is 1.05 bits per heavy atom. The number of aliphatic carboxylic acids is 1. The van der Waals surface area contributed by atoms with Crippen molar-refractivity contribution < 1.29 is 19.4 Å². The second-order valence-corrected chi connectivity index (χ2v) is 6.38. The monoisotopic (exact) mass is 298 g/mol. The predicted molar refractivity (Wildman–Crippen MR) is 78.1 cm³/mol. The molecule has 0 spiro atoms. The van der Waals surface area contributed by atoms with Gasteiger partial charge in [-0.15, -0.1) is 0 Å². The van der Waals surface area contributed by atoms with E-state index in [0.717, 1.165) is 12.5 Å². The van der Waals surface area contributed by atoms with Gasteiger partial charge in [0, 0.05) is 13.1 Å². The van der Waals surface area contributed by atoms with Gasteiger partial charge in [0.25, 0.3) is 0 Å². The number of hydrogen-bond acceptors (Lipinski definition) is 3. The largest absolute Gasteiger partial charge is 0.479 e. The van der Waals surface area contributed by atoms with Crippen LogP contribution in [0.25, 0.3) is 0 Å². The van der Waals surface area contributed by atoms with E-state index in [2.05, 4.69) is 17.6 Å². The number of nitrogens with one attached hydrogen (secondary N) is 2. The molecule has 2 atom stereocenters. The maximum Gasteiger partial charge on any atom is 0.332 e. The third-order valence-corrected chi connectivity index (χ3v) is 4.56. The van der Waals surface area contributed by atoms with Gasteiger partial charge in [-0.3, -0.25) is 0 Å². The van der Waals surface area contributed by atoms with Gasteiger partial charge in [-0.05, 0) is 37.5 Å². The van der Waals surface area contributed by atoms with E-state index < -0.39 is 12.1 Å². The summed E-state index contributed by atoms with van der Waals surface area (Å²) in [6.45, 7) is 3.38. The standard InChI is InChI=1S/C15H26N2O4/c1-10-2-4-11(5-3-10)8-16-15(20)17-9-12-6-7-13(21-12)14(18)19/h10-13H,2-9H2,1H3,(H,18,19)(H2,16,17,20). The number of ether oxygens (including phenoxy) is 1. The Labute approximate surface area is 125 Å². The van der Waals surface area contributed by atoms with Crippen molar-refractivity contribution in [2.24, 2.45) is 11.8 Å². The Morgan fingerprint density at radius 3 is 2.33 bits per heavy atom. The molecule has 1 saturated carbocycles. The summed E-state index contributed by atoms with van der Waals surface area (Å²) in [5.74, 6) is 0.483. The first-order chi connectivity index (χ1) is 10.0. The van der Waals surface area contributed by atoms with Gasteiger partial charge in [0.15, 0.2) is 6.10 Å². The van der Waals surface area contributed by atoms with Crippen molar-refractivity contribution in [3.05, 3.63) is 0 Å². The molecule has 0 bridgehead atoms. The molecule has 2 rings (SSSR count). The molecule has 120 valence electrons. The molecule has 1 aliphatic carbocycles. The van der Waals surface area contributed by atoms with Crippen LogP contribution in [0.15, 0.2) is 0 Å². The summed E-state index contributed by atoms with van der Waals surface area (Å²) in [7, 11) is 0. The van der Waals surface area contributed by atoms with Gasteiger partial charge >= 0.3 is 12.0 Å². The highest BCUT2D eigenvalue weighted by Gasteiger charge is 2.30. The number of carbonyl (C=O) groups is 2. The highest BCUT2D eigenvalue weighted by molar-refractivity contribution is 5.74. The number of amides is 2. The quantitative estimate of drug-likeness (QED) is 0.721. The summed E-state index contributed by atoms with van der Waals surface area (Å²) < 4.78 is 5.34. The molecule has 1 heterocycles. The number of carboxylic acids is 1. The SMILES string of the molecule is CC1CCC(CNC(=O)NCC2CCC(C(=O)O)O2)CC1. The van der Waals surface area contributed by atoms with Crippen LogP contribution in [0.4, 0.5) is 4.79 Å². The van der Waals surface area contributed by atoms with Crippen LogP contribution in [-0.2, 0) is 9.53 Å². The molecule has 1 saturated heterocycles. The van der Waals surface area contributed by atoms with E-state index in [9.17, 15) is 9.59 Å². The molecule has 2 aliphatic rings. The zero-order valence-corrected chi connectivity index (χ0v) is 12.6. The summed E-state index contributed by atoms with van der Waals surface area (Å²) in [5.41, 5.74) is 0. The predicted octanol–water partition coefficient (Wildman–Crippen LogP) is 1.74. The van der Waals surface area contributed by atoms with Crippen LogP contribution >= 0.6 is 0 Å². The van der Waals surface area contributed by atoms with Crippen LogP contribution in [0.5, 0.6) is 0 Å². The molecular formula is C15H26N2O4. The summed E-state index contributed by atoms with van der Waals surface area (Å²) in [5, 5.41) is 14.5. The maximum absolute atomic E-state index is 11.7. The van der Waals surface area contributed by atoms with Crippen LogP contribution in [-0.4, -0.2) is 42.4 Å². The molecule has 2 amide bonds. The van der Waals surface area contributed by atoms with Gasteiger partial charge in [0.2, 0.25) is 0 Å². The van der Waals surface area contributed by atoms with Crippen LogP contribution in [0, 0.1) is 11.8 Å². The van der Waals surface area contributed by atoms with Crippen molar-refractivity contribution in [1.82, 2.24) is 10.6 Å². The minimum absolute atomic E-state index is 0.184. The van der Waals surface area contributed by atoms with Gasteiger partial charge in [-0.25, -0.2) is 9.59 Å². The van der Waals surface area contributed by atoms with E-state index in [0.29, 0.717) is 25.3 Å². The molecule has 0 aromatic heterocycles. The average Bonchev–Trinajstić information content (AvgIpc) is 2.93. The lowest BCUT2D eigenvalue weighted by Gasteiger charge is -2.26. The molecule has 1 aliphatic heterocycles. The van der Waals surface area contributed by atoms with Gasteiger partial charge in [-0.2, -0.15) is 0 Å². The first kappa shape index (κ1) is 16.1. The summed E-state index contributed by atoms with van der Waals surface area (Å²) in [4.78, 5) is 22.5. The molecule has 6 nitrogen and oxygen atoms in total. The van der Waals surface area contributed by atoms with Crippen LogP contribution in [0.2, 0.25) is 0 Å². The van der Waals surface area contributed by atoms with Crippen molar-refractivity contribution in [3.8, 4) is 0 Å². The number of carbonyl (C=O) groups excluding carboxylic acids is 1. The fourth-order valence-corrected chi connectivity index (χ4v) is 3.08. The van der Waals surface area contributed by atoms with Crippen LogP contribution in [0.1, 0.15) is 45.4 Å². The van der Waals surface area contributed by atoms with Gasteiger partial charge < -0.3 is 20.5 Å². The number of urea groups is 1. The summed E-state index contributed by atoms with van der Waals surface area (Å²) >= 11 is 0. The van der Waals surface area contributed by atoms with E-state index in [-0.39, 0.29) is 12.1 Å². The van der Waals surface area contributed by atoms with Gasteiger partial charge in [0.1, 0.15) is 0 Å². The smallest absolute Gasteiger partial charge is 0.332 e. The van der Waals surface area contributed by atoms with Crippen molar-refractivity contribution >= 4 is 12.0 Å². The molecule has 2 fully saturated rings. The number of carboxylic acid groups (broad SMARTS) is 1. The minimum atomic E-state index is -0.923. The molecular weight excluding hydrogens is 272 g/mol. The van der Waals surface area contributed by atoms with Crippen molar-refractivity contribution in [1.29, 1.82) is 0 Å². The highest BCUT2D eigenvalue weighted by atomic mass is 16.5. The maximum atomic E-state index is 11.7. The Bertz CT molecular complexity index is 367. The Balaban J connectivity index is 1.57. The topological polar surface area (TPSA) is 87.7 Å². The second kappa shape index (κ2) is 7.64. The minimum Gasteiger partial charge on any atom is -0.479 e. The van der Waals surface area contributed by atoms with Crippen molar-refractivity contribution in [2.45, 2.75) is 57.7 Å². The molecule has 0 aromatic carbocycles. The Hall–Kier alpha value is -1.30. The third kappa shape index (κ3) is 5.19. The fourth-order valence-electron chi connectivity index (χ4n) is 3.08. The number of hydrogen-bond donors (Lipinski definition) is 3. The van der Waals surface area contributed by atoms with Crippen LogP contribution in [0.3, 0.4) is 0 Å². The normalized spacial score (nSPS) is 32.6. The van der Waals surface area contributed by atoms with E-state index in [1.807, 2.05) is 0 Å². The zero-order valence-electron chi connectivity index (χ0n) is 12.6. The average molecular weight is 298 g/mol. The fraction of sp³-hybridized carbons (Fsp3) is 0.867. The molecule has 0 aromatic rings. The Kier molecular flexibility index (Phi) is 5.85. The lowest BCUT2D eigenvalue weighted by molar-refractivity contribution is -0.149.